The van der Waals surface area contributed by atoms with Crippen molar-refractivity contribution in [3.8, 4) is 5.75 Å². The number of carbonyl (C=O) groups excluding carboxylic acids is 2. The van der Waals surface area contributed by atoms with Crippen molar-refractivity contribution >= 4 is 11.8 Å². The Balaban J connectivity index is 1.60. The smallest absolute Gasteiger partial charge is 0.243 e. The monoisotopic (exact) mass is 409 g/mol. The fourth-order valence-electron chi connectivity index (χ4n) is 3.64. The van der Waals surface area contributed by atoms with Crippen molar-refractivity contribution in [1.29, 1.82) is 0 Å². The van der Waals surface area contributed by atoms with Crippen LogP contribution in [0.2, 0.25) is 0 Å². The van der Waals surface area contributed by atoms with E-state index in [9.17, 15) is 9.59 Å². The summed E-state index contributed by atoms with van der Waals surface area (Å²) in [6.45, 7) is 5.07. The number of ether oxygens (including phenoxy) is 1. The molecule has 3 atom stereocenters. The third-order valence-electron chi connectivity index (χ3n) is 5.82. The maximum absolute atomic E-state index is 12.9. The number of amides is 2. The fourth-order valence-corrected chi connectivity index (χ4v) is 3.64. The summed E-state index contributed by atoms with van der Waals surface area (Å²) in [6, 6.07) is 14.8. The molecule has 1 aliphatic rings. The minimum atomic E-state index is -0.570. The predicted molar refractivity (Wildman–Crippen MR) is 117 cm³/mol. The second-order valence-corrected chi connectivity index (χ2v) is 7.84. The van der Waals surface area contributed by atoms with E-state index in [4.69, 9.17) is 4.74 Å². The second kappa shape index (κ2) is 10.3. The van der Waals surface area contributed by atoms with Crippen molar-refractivity contribution < 1.29 is 14.3 Å². The van der Waals surface area contributed by atoms with E-state index in [1.165, 1.54) is 11.1 Å². The quantitative estimate of drug-likeness (QED) is 0.626. The summed E-state index contributed by atoms with van der Waals surface area (Å²) >= 11 is 0. The summed E-state index contributed by atoms with van der Waals surface area (Å²) in [4.78, 5) is 25.8. The van der Waals surface area contributed by atoms with Crippen LogP contribution in [0.4, 0.5) is 0 Å². The first-order chi connectivity index (χ1) is 14.5. The molecule has 0 spiro atoms. The highest BCUT2D eigenvalue weighted by molar-refractivity contribution is 5.90. The summed E-state index contributed by atoms with van der Waals surface area (Å²) in [6.07, 6.45) is 1.42. The van der Waals surface area contributed by atoms with E-state index in [0.717, 1.165) is 17.7 Å². The Bertz CT molecular complexity index is 866. The lowest BCUT2D eigenvalue weighted by Crippen LogP contribution is -2.56. The van der Waals surface area contributed by atoms with E-state index >= 15 is 0 Å². The van der Waals surface area contributed by atoms with Gasteiger partial charge in [0.25, 0.3) is 0 Å². The van der Waals surface area contributed by atoms with Crippen LogP contribution < -0.4 is 20.7 Å². The van der Waals surface area contributed by atoms with Crippen LogP contribution in [0.1, 0.15) is 37.0 Å². The number of hydrogen-bond donors (Lipinski definition) is 3. The molecule has 0 saturated heterocycles. The average Bonchev–Trinajstić information content (AvgIpc) is 2.80. The Morgan fingerprint density at radius 2 is 1.83 bits per heavy atom. The van der Waals surface area contributed by atoms with Gasteiger partial charge in [-0.2, -0.15) is 0 Å². The van der Waals surface area contributed by atoms with Gasteiger partial charge in [0, 0.05) is 13.1 Å². The standard InChI is InChI=1S/C24H31N3O3/c1-4-16(2)22(24(29)26-14-17-9-11-20(30-3)12-10-17)27-23(28)21-13-18-7-5-6-8-19(18)15-25-21/h5-12,16,21-22,25H,4,13-15H2,1-3H3,(H,26,29)(H,27,28)/t16-,21+,22-/m1/s1. The molecule has 1 aliphatic heterocycles. The molecule has 0 bridgehead atoms. The zero-order chi connectivity index (χ0) is 21.5. The molecule has 0 aliphatic carbocycles. The maximum atomic E-state index is 12.9. The summed E-state index contributed by atoms with van der Waals surface area (Å²) in [7, 11) is 1.62. The SMILES string of the molecule is CC[C@@H](C)[C@@H](NC(=O)[C@@H]1Cc2ccccc2CN1)C(=O)NCc1ccc(OC)cc1. The Morgan fingerprint density at radius 3 is 2.50 bits per heavy atom. The van der Waals surface area contributed by atoms with Crippen LogP contribution in [0.3, 0.4) is 0 Å². The number of methoxy groups -OCH3 is 1. The highest BCUT2D eigenvalue weighted by Gasteiger charge is 2.30. The minimum Gasteiger partial charge on any atom is -0.497 e. The highest BCUT2D eigenvalue weighted by atomic mass is 16.5. The fraction of sp³-hybridized carbons (Fsp3) is 0.417. The van der Waals surface area contributed by atoms with Gasteiger partial charge in [-0.1, -0.05) is 56.7 Å². The van der Waals surface area contributed by atoms with Gasteiger partial charge < -0.3 is 20.7 Å². The first kappa shape index (κ1) is 21.8. The van der Waals surface area contributed by atoms with Gasteiger partial charge in [0.1, 0.15) is 11.8 Å². The van der Waals surface area contributed by atoms with Crippen molar-refractivity contribution in [3.63, 3.8) is 0 Å². The molecule has 160 valence electrons. The molecule has 0 fully saturated rings. The zero-order valence-electron chi connectivity index (χ0n) is 17.9. The molecule has 0 radical (unpaired) electrons. The number of nitrogens with one attached hydrogen (secondary N) is 3. The molecule has 6 nitrogen and oxygen atoms in total. The van der Waals surface area contributed by atoms with Crippen LogP contribution in [-0.4, -0.2) is 31.0 Å². The Labute approximate surface area is 178 Å². The Kier molecular flexibility index (Phi) is 7.46. The number of fused-ring (bicyclic) bond motifs is 1. The molecule has 1 heterocycles. The van der Waals surface area contributed by atoms with Gasteiger partial charge in [0.2, 0.25) is 11.8 Å². The van der Waals surface area contributed by atoms with Crippen molar-refractivity contribution in [2.24, 2.45) is 5.92 Å². The summed E-state index contributed by atoms with van der Waals surface area (Å²) in [5.41, 5.74) is 3.38. The van der Waals surface area contributed by atoms with E-state index in [0.29, 0.717) is 19.5 Å². The average molecular weight is 410 g/mol. The largest absolute Gasteiger partial charge is 0.497 e. The Morgan fingerprint density at radius 1 is 1.13 bits per heavy atom. The van der Waals surface area contributed by atoms with Gasteiger partial charge in [-0.3, -0.25) is 9.59 Å². The summed E-state index contributed by atoms with van der Waals surface area (Å²) in [5, 5.41) is 9.24. The van der Waals surface area contributed by atoms with Crippen molar-refractivity contribution in [3.05, 3.63) is 65.2 Å². The minimum absolute atomic E-state index is 0.0284. The van der Waals surface area contributed by atoms with E-state index < -0.39 is 6.04 Å². The van der Waals surface area contributed by atoms with Crippen LogP contribution >= 0.6 is 0 Å². The van der Waals surface area contributed by atoms with Gasteiger partial charge >= 0.3 is 0 Å². The molecule has 2 amide bonds. The third-order valence-corrected chi connectivity index (χ3v) is 5.82. The van der Waals surface area contributed by atoms with Crippen LogP contribution in [0.5, 0.6) is 5.75 Å². The van der Waals surface area contributed by atoms with E-state index in [1.807, 2.05) is 50.2 Å². The van der Waals surface area contributed by atoms with E-state index in [2.05, 4.69) is 28.1 Å². The molecule has 0 aromatic heterocycles. The molecule has 3 rings (SSSR count). The van der Waals surface area contributed by atoms with Gasteiger partial charge in [-0.15, -0.1) is 0 Å². The number of hydrogen-bond acceptors (Lipinski definition) is 4. The van der Waals surface area contributed by atoms with Gasteiger partial charge in [0.15, 0.2) is 0 Å². The van der Waals surface area contributed by atoms with Gasteiger partial charge in [0.05, 0.1) is 13.2 Å². The highest BCUT2D eigenvalue weighted by Crippen LogP contribution is 2.17. The maximum Gasteiger partial charge on any atom is 0.243 e. The first-order valence-electron chi connectivity index (χ1n) is 10.5. The van der Waals surface area contributed by atoms with Crippen molar-refractivity contribution in [2.45, 2.75) is 51.9 Å². The zero-order valence-corrected chi connectivity index (χ0v) is 17.9. The lowest BCUT2D eigenvalue weighted by atomic mass is 9.94. The molecule has 0 saturated carbocycles. The molecular weight excluding hydrogens is 378 g/mol. The molecule has 30 heavy (non-hydrogen) atoms. The van der Waals surface area contributed by atoms with E-state index in [-0.39, 0.29) is 23.8 Å². The normalized spacial score (nSPS) is 17.4. The number of carbonyl (C=O) groups is 2. The van der Waals surface area contributed by atoms with Gasteiger partial charge in [-0.05, 0) is 41.2 Å². The molecule has 2 aromatic carbocycles. The first-order valence-corrected chi connectivity index (χ1v) is 10.5. The number of benzene rings is 2. The lowest BCUT2D eigenvalue weighted by Gasteiger charge is -2.29. The summed E-state index contributed by atoms with van der Waals surface area (Å²) in [5.74, 6) is 0.510. The van der Waals surface area contributed by atoms with Crippen LogP contribution in [0, 0.1) is 5.92 Å². The second-order valence-electron chi connectivity index (χ2n) is 7.84. The van der Waals surface area contributed by atoms with Crippen molar-refractivity contribution in [2.75, 3.05) is 7.11 Å². The number of rotatable bonds is 8. The Hall–Kier alpha value is -2.86. The molecule has 3 N–H and O–H groups in total. The third kappa shape index (κ3) is 5.39. The predicted octanol–water partition coefficient (Wildman–Crippen LogP) is 2.56. The van der Waals surface area contributed by atoms with E-state index in [1.54, 1.807) is 7.11 Å². The molecule has 6 heteroatoms. The molecule has 0 unspecified atom stereocenters. The lowest BCUT2D eigenvalue weighted by molar-refractivity contribution is -0.131. The van der Waals surface area contributed by atoms with Crippen molar-refractivity contribution in [1.82, 2.24) is 16.0 Å². The molecule has 2 aromatic rings. The van der Waals surface area contributed by atoms with Crippen LogP contribution in [-0.2, 0) is 29.1 Å². The summed E-state index contributed by atoms with van der Waals surface area (Å²) < 4.78 is 5.16. The molecular formula is C24H31N3O3. The van der Waals surface area contributed by atoms with Gasteiger partial charge in [-0.25, -0.2) is 0 Å². The van der Waals surface area contributed by atoms with Crippen LogP contribution in [0.25, 0.3) is 0 Å². The topological polar surface area (TPSA) is 79.5 Å². The van der Waals surface area contributed by atoms with Crippen LogP contribution in [0.15, 0.2) is 48.5 Å².